The van der Waals surface area contributed by atoms with Gasteiger partial charge in [-0.1, -0.05) is 29.8 Å². The summed E-state index contributed by atoms with van der Waals surface area (Å²) >= 11 is 1.56. The Morgan fingerprint density at radius 1 is 1.13 bits per heavy atom. The monoisotopic (exact) mass is 455 g/mol. The van der Waals surface area contributed by atoms with Gasteiger partial charge in [0.2, 0.25) is 15.9 Å². The molecule has 0 atom stereocenters. The number of aryl methyl sites for hydroxylation is 2. The number of hydrogen-bond acceptors (Lipinski definition) is 5. The van der Waals surface area contributed by atoms with Gasteiger partial charge >= 0.3 is 0 Å². The molecule has 1 saturated heterocycles. The second-order valence-electron chi connectivity index (χ2n) is 7.76. The first-order valence-corrected chi connectivity index (χ1v) is 12.6. The molecular weight excluding hydrogens is 430 g/mol. The van der Waals surface area contributed by atoms with Gasteiger partial charge in [-0.2, -0.15) is 0 Å². The molecule has 4 rings (SSSR count). The average Bonchev–Trinajstić information content (AvgIpc) is 3.37. The van der Waals surface area contributed by atoms with Crippen molar-refractivity contribution < 1.29 is 13.2 Å². The Kier molecular flexibility index (Phi) is 6.22. The fraction of sp³-hybridized carbons (Fsp3) is 0.304. The first-order chi connectivity index (χ1) is 14.8. The number of nitrogens with zero attached hydrogens (tertiary/aromatic N) is 2. The van der Waals surface area contributed by atoms with Gasteiger partial charge in [0.1, 0.15) is 5.01 Å². The fourth-order valence-corrected chi connectivity index (χ4v) is 5.78. The van der Waals surface area contributed by atoms with Gasteiger partial charge in [-0.3, -0.25) is 4.79 Å². The number of aromatic nitrogens is 1. The minimum absolute atomic E-state index is 0.0846. The molecule has 6 nitrogen and oxygen atoms in total. The van der Waals surface area contributed by atoms with E-state index < -0.39 is 10.0 Å². The van der Waals surface area contributed by atoms with E-state index in [0.29, 0.717) is 24.9 Å². The number of carbonyl (C=O) groups is 1. The third kappa shape index (κ3) is 4.87. The predicted octanol–water partition coefficient (Wildman–Crippen LogP) is 4.07. The first kappa shape index (κ1) is 21.7. The predicted molar refractivity (Wildman–Crippen MR) is 124 cm³/mol. The van der Waals surface area contributed by atoms with Crippen LogP contribution in [0.1, 0.15) is 29.7 Å². The summed E-state index contributed by atoms with van der Waals surface area (Å²) < 4.78 is 28.3. The maximum atomic E-state index is 12.8. The minimum atomic E-state index is -3.64. The first-order valence-electron chi connectivity index (χ1n) is 10.3. The molecule has 1 aliphatic heterocycles. The summed E-state index contributed by atoms with van der Waals surface area (Å²) in [5.41, 5.74) is 4.51. The Bertz CT molecular complexity index is 1200. The van der Waals surface area contributed by atoms with Crippen LogP contribution in [0.5, 0.6) is 0 Å². The van der Waals surface area contributed by atoms with Crippen LogP contribution in [0.15, 0.2) is 52.7 Å². The molecule has 0 bridgehead atoms. The van der Waals surface area contributed by atoms with Crippen LogP contribution in [0.4, 0.5) is 5.69 Å². The number of hydrogen-bond donors (Lipinski definition) is 1. The SMILES string of the molecule is Cc1ccc(-c2nc(CCNS(=O)(=O)c3ccc(N4CCCC4=O)cc3C)cs2)cc1. The molecule has 0 unspecified atom stereocenters. The van der Waals surface area contributed by atoms with Gasteiger partial charge in [0.05, 0.1) is 10.6 Å². The Morgan fingerprint density at radius 2 is 1.90 bits per heavy atom. The lowest BCUT2D eigenvalue weighted by atomic mass is 10.2. The molecule has 31 heavy (non-hydrogen) atoms. The van der Waals surface area contributed by atoms with Crippen molar-refractivity contribution in [1.29, 1.82) is 0 Å². The average molecular weight is 456 g/mol. The van der Waals surface area contributed by atoms with Gasteiger partial charge < -0.3 is 4.90 Å². The molecule has 8 heteroatoms. The molecule has 3 aromatic rings. The smallest absolute Gasteiger partial charge is 0.240 e. The molecule has 0 saturated carbocycles. The Hall–Kier alpha value is -2.55. The van der Waals surface area contributed by atoms with Gasteiger partial charge in [-0.25, -0.2) is 18.1 Å². The lowest BCUT2D eigenvalue weighted by Gasteiger charge is -2.17. The zero-order chi connectivity index (χ0) is 22.0. The summed E-state index contributed by atoms with van der Waals surface area (Å²) in [6.45, 7) is 4.75. The zero-order valence-corrected chi connectivity index (χ0v) is 19.2. The van der Waals surface area contributed by atoms with Crippen LogP contribution in [-0.4, -0.2) is 32.4 Å². The van der Waals surface area contributed by atoms with E-state index >= 15 is 0 Å². The largest absolute Gasteiger partial charge is 0.312 e. The number of benzene rings is 2. The highest BCUT2D eigenvalue weighted by Crippen LogP contribution is 2.26. The van der Waals surface area contributed by atoms with Crippen molar-refractivity contribution in [3.63, 3.8) is 0 Å². The highest BCUT2D eigenvalue weighted by molar-refractivity contribution is 7.89. The van der Waals surface area contributed by atoms with Crippen molar-refractivity contribution in [1.82, 2.24) is 9.71 Å². The maximum Gasteiger partial charge on any atom is 0.240 e. The molecule has 0 radical (unpaired) electrons. The lowest BCUT2D eigenvalue weighted by molar-refractivity contribution is -0.117. The molecule has 1 aliphatic rings. The molecular formula is C23H25N3O3S2. The molecule has 1 amide bonds. The fourth-order valence-electron chi connectivity index (χ4n) is 3.67. The lowest BCUT2D eigenvalue weighted by Crippen LogP contribution is -2.27. The van der Waals surface area contributed by atoms with Crippen LogP contribution < -0.4 is 9.62 Å². The van der Waals surface area contributed by atoms with Gasteiger partial charge in [-0.05, 0) is 44.0 Å². The number of thiazole rings is 1. The maximum absolute atomic E-state index is 12.8. The third-order valence-corrected chi connectivity index (χ3v) is 7.92. The van der Waals surface area contributed by atoms with Crippen LogP contribution in [0.25, 0.3) is 10.6 Å². The van der Waals surface area contributed by atoms with Crippen molar-refractivity contribution in [2.75, 3.05) is 18.0 Å². The number of anilines is 1. The zero-order valence-electron chi connectivity index (χ0n) is 17.6. The summed E-state index contributed by atoms with van der Waals surface area (Å²) in [6.07, 6.45) is 1.89. The van der Waals surface area contributed by atoms with E-state index in [1.807, 2.05) is 24.4 Å². The van der Waals surface area contributed by atoms with E-state index in [-0.39, 0.29) is 17.3 Å². The second kappa shape index (κ2) is 8.90. The number of sulfonamides is 1. The molecule has 1 aromatic heterocycles. The van der Waals surface area contributed by atoms with Gasteiger partial charge in [0.25, 0.3) is 0 Å². The van der Waals surface area contributed by atoms with E-state index in [1.54, 1.807) is 41.4 Å². The van der Waals surface area contributed by atoms with E-state index in [0.717, 1.165) is 28.4 Å². The van der Waals surface area contributed by atoms with Crippen molar-refractivity contribution >= 4 is 33.0 Å². The van der Waals surface area contributed by atoms with Gasteiger partial charge in [0, 0.05) is 42.6 Å². The summed E-state index contributed by atoms with van der Waals surface area (Å²) in [4.78, 5) is 18.5. The van der Waals surface area contributed by atoms with Crippen LogP contribution >= 0.6 is 11.3 Å². The summed E-state index contributed by atoms with van der Waals surface area (Å²) in [7, 11) is -3.64. The molecule has 1 fully saturated rings. The van der Waals surface area contributed by atoms with Crippen molar-refractivity contribution in [3.8, 4) is 10.6 Å². The van der Waals surface area contributed by atoms with E-state index in [4.69, 9.17) is 0 Å². The topological polar surface area (TPSA) is 79.4 Å². The van der Waals surface area contributed by atoms with E-state index in [1.165, 1.54) is 5.56 Å². The normalized spacial score (nSPS) is 14.4. The third-order valence-electron chi connectivity index (χ3n) is 5.36. The van der Waals surface area contributed by atoms with Crippen LogP contribution in [0.3, 0.4) is 0 Å². The Labute approximate surface area is 187 Å². The highest BCUT2D eigenvalue weighted by Gasteiger charge is 2.23. The number of amides is 1. The van der Waals surface area contributed by atoms with E-state index in [2.05, 4.69) is 21.8 Å². The van der Waals surface area contributed by atoms with Crippen molar-refractivity contribution in [2.45, 2.75) is 38.0 Å². The summed E-state index contributed by atoms with van der Waals surface area (Å²) in [5.74, 6) is 0.0846. The van der Waals surface area contributed by atoms with Crippen molar-refractivity contribution in [2.24, 2.45) is 0 Å². The minimum Gasteiger partial charge on any atom is -0.312 e. The number of carbonyl (C=O) groups excluding carboxylic acids is 1. The molecule has 0 aliphatic carbocycles. The molecule has 1 N–H and O–H groups in total. The molecule has 0 spiro atoms. The molecule has 162 valence electrons. The Balaban J connectivity index is 1.39. The summed E-state index contributed by atoms with van der Waals surface area (Å²) in [6, 6.07) is 13.3. The highest BCUT2D eigenvalue weighted by atomic mass is 32.2. The second-order valence-corrected chi connectivity index (χ2v) is 10.4. The van der Waals surface area contributed by atoms with Gasteiger partial charge in [0.15, 0.2) is 0 Å². The quantitative estimate of drug-likeness (QED) is 0.582. The number of nitrogens with one attached hydrogen (secondary N) is 1. The number of rotatable bonds is 7. The Morgan fingerprint density at radius 3 is 2.58 bits per heavy atom. The van der Waals surface area contributed by atoms with Crippen LogP contribution in [0, 0.1) is 13.8 Å². The van der Waals surface area contributed by atoms with Crippen molar-refractivity contribution in [3.05, 3.63) is 64.7 Å². The molecule has 2 aromatic carbocycles. The summed E-state index contributed by atoms with van der Waals surface area (Å²) in [5, 5.41) is 2.90. The van der Waals surface area contributed by atoms with Gasteiger partial charge in [-0.15, -0.1) is 11.3 Å². The van der Waals surface area contributed by atoms with Crippen LogP contribution in [0.2, 0.25) is 0 Å². The van der Waals surface area contributed by atoms with E-state index in [9.17, 15) is 13.2 Å². The molecule has 2 heterocycles. The standard InChI is InChI=1S/C23H25N3O3S2/c1-16-5-7-18(8-6-16)23-25-19(15-30-23)11-12-24-31(28,29)21-10-9-20(14-17(21)2)26-13-3-4-22(26)27/h5-10,14-15,24H,3-4,11-13H2,1-2H3. The van der Waals surface area contributed by atoms with Crippen LogP contribution in [-0.2, 0) is 21.2 Å².